The van der Waals surface area contributed by atoms with Gasteiger partial charge >= 0.3 is 6.03 Å². The Kier molecular flexibility index (Phi) is 4.54. The molecule has 1 N–H and O–H groups in total. The lowest BCUT2D eigenvalue weighted by Gasteiger charge is -2.22. The number of amides is 4. The maximum Gasteiger partial charge on any atom is 0.331 e. The molecule has 4 amide bonds. The number of methoxy groups -OCH3 is 3. The largest absolute Gasteiger partial charge is 0.493 e. The normalized spacial score (nSPS) is 16.4. The van der Waals surface area contributed by atoms with Crippen molar-refractivity contribution in [3.05, 3.63) is 23.3 Å². The molecule has 1 aromatic rings. The number of imide groups is 2. The molecule has 0 unspecified atom stereocenters. The summed E-state index contributed by atoms with van der Waals surface area (Å²) < 4.78 is 15.6. The molecule has 1 fully saturated rings. The lowest BCUT2D eigenvalue weighted by molar-refractivity contribution is -0.129. The van der Waals surface area contributed by atoms with Gasteiger partial charge in [-0.25, -0.2) is 4.79 Å². The number of nitrogens with zero attached hydrogens (tertiary/aromatic N) is 1. The van der Waals surface area contributed by atoms with E-state index in [2.05, 4.69) is 5.32 Å². The SMILES string of the molecule is COc1cc(/C=C2\C(=O)NC(=O)N(C)C2=O)cc(OC)c1OC. The number of urea groups is 1. The first-order valence-corrected chi connectivity index (χ1v) is 6.58. The minimum absolute atomic E-state index is 0.165. The summed E-state index contributed by atoms with van der Waals surface area (Å²) >= 11 is 0. The number of carbonyl (C=O) groups excluding carboxylic acids is 3. The van der Waals surface area contributed by atoms with Gasteiger partial charge in [0.1, 0.15) is 5.57 Å². The molecule has 1 heterocycles. The molecule has 1 aliphatic heterocycles. The number of barbiturate groups is 1. The van der Waals surface area contributed by atoms with Gasteiger partial charge in [0.2, 0.25) is 5.75 Å². The molecule has 0 saturated carbocycles. The summed E-state index contributed by atoms with van der Waals surface area (Å²) in [6, 6.07) is 2.42. The third kappa shape index (κ3) is 2.96. The van der Waals surface area contributed by atoms with E-state index in [4.69, 9.17) is 14.2 Å². The number of likely N-dealkylation sites (N-methyl/N-ethyl adjacent to an activating group) is 1. The van der Waals surface area contributed by atoms with Crippen molar-refractivity contribution in [1.29, 1.82) is 0 Å². The van der Waals surface area contributed by atoms with E-state index in [1.807, 2.05) is 0 Å². The second-order valence-corrected chi connectivity index (χ2v) is 4.64. The molecule has 1 saturated heterocycles. The molecule has 0 spiro atoms. The van der Waals surface area contributed by atoms with Crippen LogP contribution in [0.3, 0.4) is 0 Å². The summed E-state index contributed by atoms with van der Waals surface area (Å²) in [4.78, 5) is 36.1. The van der Waals surface area contributed by atoms with Crippen molar-refractivity contribution in [2.45, 2.75) is 0 Å². The fraction of sp³-hybridized carbons (Fsp3) is 0.267. The Labute approximate surface area is 132 Å². The zero-order valence-corrected chi connectivity index (χ0v) is 13.1. The van der Waals surface area contributed by atoms with Crippen LogP contribution in [0.25, 0.3) is 6.08 Å². The van der Waals surface area contributed by atoms with E-state index in [0.29, 0.717) is 22.8 Å². The lowest BCUT2D eigenvalue weighted by Crippen LogP contribution is -2.52. The fourth-order valence-electron chi connectivity index (χ4n) is 2.10. The predicted molar refractivity (Wildman–Crippen MR) is 80.4 cm³/mol. The molecule has 8 heteroatoms. The van der Waals surface area contributed by atoms with E-state index in [1.54, 1.807) is 12.1 Å². The maximum atomic E-state index is 12.1. The highest BCUT2D eigenvalue weighted by atomic mass is 16.5. The Hall–Kier alpha value is -3.03. The summed E-state index contributed by atoms with van der Waals surface area (Å²) in [7, 11) is 5.67. The Morgan fingerprint density at radius 2 is 1.57 bits per heavy atom. The van der Waals surface area contributed by atoms with Gasteiger partial charge in [-0.1, -0.05) is 0 Å². The second-order valence-electron chi connectivity index (χ2n) is 4.64. The first-order chi connectivity index (χ1) is 10.9. The average Bonchev–Trinajstić information content (AvgIpc) is 2.55. The average molecular weight is 320 g/mol. The number of ether oxygens (including phenoxy) is 3. The van der Waals surface area contributed by atoms with Gasteiger partial charge in [-0.15, -0.1) is 0 Å². The molecule has 23 heavy (non-hydrogen) atoms. The van der Waals surface area contributed by atoms with Gasteiger partial charge in [-0.3, -0.25) is 19.8 Å². The van der Waals surface area contributed by atoms with E-state index in [1.165, 1.54) is 34.5 Å². The van der Waals surface area contributed by atoms with Crippen molar-refractivity contribution >= 4 is 23.9 Å². The quantitative estimate of drug-likeness (QED) is 0.651. The van der Waals surface area contributed by atoms with E-state index in [9.17, 15) is 14.4 Å². The number of nitrogens with one attached hydrogen (secondary N) is 1. The van der Waals surface area contributed by atoms with Crippen LogP contribution in [-0.4, -0.2) is 51.1 Å². The minimum Gasteiger partial charge on any atom is -0.493 e. The fourth-order valence-corrected chi connectivity index (χ4v) is 2.10. The highest BCUT2D eigenvalue weighted by Crippen LogP contribution is 2.38. The van der Waals surface area contributed by atoms with Crippen molar-refractivity contribution in [3.8, 4) is 17.2 Å². The van der Waals surface area contributed by atoms with Crippen LogP contribution in [0.2, 0.25) is 0 Å². The van der Waals surface area contributed by atoms with Crippen molar-refractivity contribution in [3.63, 3.8) is 0 Å². The zero-order valence-electron chi connectivity index (χ0n) is 13.1. The van der Waals surface area contributed by atoms with Gasteiger partial charge in [0, 0.05) is 7.05 Å². The molecule has 0 bridgehead atoms. The van der Waals surface area contributed by atoms with Crippen molar-refractivity contribution in [2.75, 3.05) is 28.4 Å². The second kappa shape index (κ2) is 6.39. The van der Waals surface area contributed by atoms with E-state index < -0.39 is 17.8 Å². The van der Waals surface area contributed by atoms with Gasteiger partial charge in [0.15, 0.2) is 11.5 Å². The summed E-state index contributed by atoms with van der Waals surface area (Å²) in [6.07, 6.45) is 1.35. The molecular weight excluding hydrogens is 304 g/mol. The first-order valence-electron chi connectivity index (χ1n) is 6.58. The molecule has 2 rings (SSSR count). The third-order valence-electron chi connectivity index (χ3n) is 3.30. The summed E-state index contributed by atoms with van der Waals surface area (Å²) in [5.74, 6) is -0.290. The summed E-state index contributed by atoms with van der Waals surface area (Å²) in [5.41, 5.74) is 0.321. The van der Waals surface area contributed by atoms with Gasteiger partial charge in [0.25, 0.3) is 11.8 Å². The number of benzene rings is 1. The third-order valence-corrected chi connectivity index (χ3v) is 3.30. The van der Waals surface area contributed by atoms with Crippen LogP contribution < -0.4 is 19.5 Å². The number of rotatable bonds is 4. The number of hydrogen-bond acceptors (Lipinski definition) is 6. The van der Waals surface area contributed by atoms with Crippen LogP contribution in [0.5, 0.6) is 17.2 Å². The molecule has 1 aliphatic rings. The minimum atomic E-state index is -0.762. The highest BCUT2D eigenvalue weighted by molar-refractivity contribution is 6.30. The first kappa shape index (κ1) is 16.3. The molecule has 1 aromatic carbocycles. The van der Waals surface area contributed by atoms with Crippen molar-refractivity contribution in [1.82, 2.24) is 10.2 Å². The molecular formula is C15H16N2O6. The Bertz CT molecular complexity index is 685. The number of hydrogen-bond donors (Lipinski definition) is 1. The van der Waals surface area contributed by atoms with Crippen LogP contribution >= 0.6 is 0 Å². The number of carbonyl (C=O) groups is 3. The maximum absolute atomic E-state index is 12.1. The lowest BCUT2D eigenvalue weighted by atomic mass is 10.1. The Morgan fingerprint density at radius 3 is 2.04 bits per heavy atom. The van der Waals surface area contributed by atoms with E-state index in [0.717, 1.165) is 4.90 Å². The monoisotopic (exact) mass is 320 g/mol. The van der Waals surface area contributed by atoms with Gasteiger partial charge < -0.3 is 14.2 Å². The summed E-state index contributed by atoms with van der Waals surface area (Å²) in [5, 5.41) is 2.08. The topological polar surface area (TPSA) is 94.2 Å². The van der Waals surface area contributed by atoms with E-state index >= 15 is 0 Å². The zero-order chi connectivity index (χ0) is 17.1. The Balaban J connectivity index is 2.52. The van der Waals surface area contributed by atoms with Crippen LogP contribution in [0.4, 0.5) is 4.79 Å². The highest BCUT2D eigenvalue weighted by Gasteiger charge is 2.33. The molecule has 0 aliphatic carbocycles. The van der Waals surface area contributed by atoms with Gasteiger partial charge in [-0.2, -0.15) is 0 Å². The van der Waals surface area contributed by atoms with Crippen LogP contribution in [0.15, 0.2) is 17.7 Å². The van der Waals surface area contributed by atoms with Crippen LogP contribution in [-0.2, 0) is 9.59 Å². The molecule has 8 nitrogen and oxygen atoms in total. The van der Waals surface area contributed by atoms with E-state index in [-0.39, 0.29) is 5.57 Å². The Morgan fingerprint density at radius 1 is 1.00 bits per heavy atom. The van der Waals surface area contributed by atoms with Crippen molar-refractivity contribution < 1.29 is 28.6 Å². The molecule has 0 radical (unpaired) electrons. The summed E-state index contributed by atoms with van der Waals surface area (Å²) in [6.45, 7) is 0. The molecule has 0 atom stereocenters. The van der Waals surface area contributed by atoms with Crippen LogP contribution in [0, 0.1) is 0 Å². The predicted octanol–water partition coefficient (Wildman–Crippen LogP) is 0.804. The smallest absolute Gasteiger partial charge is 0.331 e. The van der Waals surface area contributed by atoms with Gasteiger partial charge in [-0.05, 0) is 23.8 Å². The molecule has 122 valence electrons. The van der Waals surface area contributed by atoms with Gasteiger partial charge in [0.05, 0.1) is 21.3 Å². The van der Waals surface area contributed by atoms with Crippen molar-refractivity contribution in [2.24, 2.45) is 0 Å². The molecule has 0 aromatic heterocycles. The van der Waals surface area contributed by atoms with Crippen LogP contribution in [0.1, 0.15) is 5.56 Å². The standard InChI is InChI=1S/C15H16N2O6/c1-17-14(19)9(13(18)16-15(17)20)5-8-6-10(21-2)12(23-4)11(7-8)22-3/h5-7H,1-4H3,(H,16,18,20)/b9-5+.